The second-order valence-electron chi connectivity index (χ2n) is 6.38. The number of aryl methyl sites for hydroxylation is 1. The molecule has 27 heavy (non-hydrogen) atoms. The van der Waals surface area contributed by atoms with Gasteiger partial charge in [-0.05, 0) is 42.3 Å². The van der Waals surface area contributed by atoms with Crippen molar-refractivity contribution in [2.45, 2.75) is 18.2 Å². The summed E-state index contributed by atoms with van der Waals surface area (Å²) in [7, 11) is -3.61. The largest absolute Gasteiger partial charge is 0.378 e. The number of ether oxygens (including phenoxy) is 1. The zero-order chi connectivity index (χ0) is 18.9. The Morgan fingerprint density at radius 1 is 1.15 bits per heavy atom. The molecule has 0 atom stereocenters. The number of benzene rings is 2. The van der Waals surface area contributed by atoms with Crippen LogP contribution in [0.5, 0.6) is 0 Å². The van der Waals surface area contributed by atoms with Gasteiger partial charge in [0.25, 0.3) is 10.0 Å². The van der Waals surface area contributed by atoms with Crippen molar-refractivity contribution >= 4 is 42.4 Å². The SMILES string of the molecule is CCc1ccc(S(=O)(=O)Nc2ccc3nc(N4CCOCC4)sc3c2)cc1. The summed E-state index contributed by atoms with van der Waals surface area (Å²) in [5, 5.41) is 0.948. The Balaban J connectivity index is 1.57. The van der Waals surface area contributed by atoms with E-state index in [0.717, 1.165) is 40.4 Å². The van der Waals surface area contributed by atoms with E-state index in [-0.39, 0.29) is 4.90 Å². The Kier molecular flexibility index (Phi) is 5.03. The molecule has 6 nitrogen and oxygen atoms in total. The monoisotopic (exact) mass is 403 g/mol. The lowest BCUT2D eigenvalue weighted by atomic mass is 10.2. The highest BCUT2D eigenvalue weighted by atomic mass is 32.2. The van der Waals surface area contributed by atoms with E-state index < -0.39 is 10.0 Å². The van der Waals surface area contributed by atoms with E-state index in [0.29, 0.717) is 18.9 Å². The van der Waals surface area contributed by atoms with Gasteiger partial charge in [-0.3, -0.25) is 4.72 Å². The molecular weight excluding hydrogens is 382 g/mol. The number of hydrogen-bond donors (Lipinski definition) is 1. The lowest BCUT2D eigenvalue weighted by Crippen LogP contribution is -2.36. The minimum Gasteiger partial charge on any atom is -0.378 e. The molecule has 1 aliphatic rings. The first-order chi connectivity index (χ1) is 13.0. The highest BCUT2D eigenvalue weighted by molar-refractivity contribution is 7.92. The molecule has 1 aliphatic heterocycles. The van der Waals surface area contributed by atoms with Crippen molar-refractivity contribution in [1.29, 1.82) is 0 Å². The molecule has 1 fully saturated rings. The highest BCUT2D eigenvalue weighted by Gasteiger charge is 2.17. The Labute approximate surface area is 162 Å². The molecule has 0 unspecified atom stereocenters. The molecule has 0 radical (unpaired) electrons. The first-order valence-corrected chi connectivity index (χ1v) is 11.2. The van der Waals surface area contributed by atoms with Crippen molar-refractivity contribution in [2.24, 2.45) is 0 Å². The quantitative estimate of drug-likeness (QED) is 0.706. The molecule has 8 heteroatoms. The average Bonchev–Trinajstić information content (AvgIpc) is 3.12. The number of hydrogen-bond acceptors (Lipinski definition) is 6. The molecule has 0 saturated carbocycles. The number of sulfonamides is 1. The summed E-state index contributed by atoms with van der Waals surface area (Å²) < 4.78 is 34.3. The van der Waals surface area contributed by atoms with E-state index >= 15 is 0 Å². The highest BCUT2D eigenvalue weighted by Crippen LogP contribution is 2.31. The normalized spacial score (nSPS) is 15.2. The summed E-state index contributed by atoms with van der Waals surface area (Å²) >= 11 is 1.57. The van der Waals surface area contributed by atoms with Gasteiger partial charge in [-0.2, -0.15) is 0 Å². The first kappa shape index (κ1) is 18.2. The smallest absolute Gasteiger partial charge is 0.261 e. The van der Waals surface area contributed by atoms with Crippen molar-refractivity contribution in [1.82, 2.24) is 4.98 Å². The maximum absolute atomic E-state index is 12.6. The fraction of sp³-hybridized carbons (Fsp3) is 0.316. The Hall–Kier alpha value is -2.16. The van der Waals surface area contributed by atoms with Crippen molar-refractivity contribution < 1.29 is 13.2 Å². The molecule has 3 aromatic rings. The summed E-state index contributed by atoms with van der Waals surface area (Å²) in [6.45, 7) is 5.10. The number of thiazole rings is 1. The molecule has 2 heterocycles. The van der Waals surface area contributed by atoms with Crippen molar-refractivity contribution in [2.75, 3.05) is 35.9 Å². The van der Waals surface area contributed by atoms with Crippen LogP contribution in [-0.2, 0) is 21.2 Å². The number of fused-ring (bicyclic) bond motifs is 1. The number of nitrogens with one attached hydrogen (secondary N) is 1. The third kappa shape index (κ3) is 3.92. The molecule has 1 saturated heterocycles. The van der Waals surface area contributed by atoms with Gasteiger partial charge in [0.2, 0.25) is 0 Å². The zero-order valence-corrected chi connectivity index (χ0v) is 16.6. The van der Waals surface area contributed by atoms with Crippen LogP contribution in [0.2, 0.25) is 0 Å². The van der Waals surface area contributed by atoms with Gasteiger partial charge in [-0.1, -0.05) is 30.4 Å². The van der Waals surface area contributed by atoms with Crippen LogP contribution in [0.3, 0.4) is 0 Å². The van der Waals surface area contributed by atoms with E-state index in [2.05, 4.69) is 14.6 Å². The van der Waals surface area contributed by atoms with Crippen LogP contribution in [0.4, 0.5) is 10.8 Å². The van der Waals surface area contributed by atoms with E-state index in [1.807, 2.05) is 31.2 Å². The van der Waals surface area contributed by atoms with Gasteiger partial charge < -0.3 is 9.64 Å². The first-order valence-electron chi connectivity index (χ1n) is 8.90. The third-order valence-electron chi connectivity index (χ3n) is 4.55. The van der Waals surface area contributed by atoms with Crippen molar-refractivity contribution in [3.63, 3.8) is 0 Å². The van der Waals surface area contributed by atoms with Crippen LogP contribution < -0.4 is 9.62 Å². The Morgan fingerprint density at radius 2 is 1.89 bits per heavy atom. The van der Waals surface area contributed by atoms with Gasteiger partial charge in [0.05, 0.1) is 34.0 Å². The number of morpholine rings is 1. The fourth-order valence-corrected chi connectivity index (χ4v) is 5.09. The van der Waals surface area contributed by atoms with Gasteiger partial charge in [0, 0.05) is 13.1 Å². The Bertz CT molecular complexity index is 1040. The van der Waals surface area contributed by atoms with Crippen LogP contribution in [0, 0.1) is 0 Å². The van der Waals surface area contributed by atoms with Gasteiger partial charge >= 0.3 is 0 Å². The van der Waals surface area contributed by atoms with Crippen LogP contribution >= 0.6 is 11.3 Å². The average molecular weight is 404 g/mol. The Morgan fingerprint density at radius 3 is 2.59 bits per heavy atom. The maximum Gasteiger partial charge on any atom is 0.261 e. The standard InChI is InChI=1S/C19H21N3O3S2/c1-2-14-3-6-16(7-4-14)27(23,24)21-15-5-8-17-18(13-15)26-19(20-17)22-9-11-25-12-10-22/h3-8,13,21H,2,9-12H2,1H3. The van der Waals surface area contributed by atoms with Gasteiger partial charge in [0.1, 0.15) is 0 Å². The lowest BCUT2D eigenvalue weighted by molar-refractivity contribution is 0.122. The van der Waals surface area contributed by atoms with E-state index in [4.69, 9.17) is 4.74 Å². The summed E-state index contributed by atoms with van der Waals surface area (Å²) in [4.78, 5) is 7.13. The fourth-order valence-electron chi connectivity index (χ4n) is 2.98. The zero-order valence-electron chi connectivity index (χ0n) is 15.0. The second-order valence-corrected chi connectivity index (χ2v) is 9.07. The number of aromatic nitrogens is 1. The van der Waals surface area contributed by atoms with Gasteiger partial charge in [-0.15, -0.1) is 0 Å². The van der Waals surface area contributed by atoms with Gasteiger partial charge in [0.15, 0.2) is 5.13 Å². The van der Waals surface area contributed by atoms with Crippen LogP contribution in [0.1, 0.15) is 12.5 Å². The molecule has 0 spiro atoms. The molecular formula is C19H21N3O3S2. The van der Waals surface area contributed by atoms with Crippen LogP contribution in [0.15, 0.2) is 47.4 Å². The van der Waals surface area contributed by atoms with Crippen LogP contribution in [-0.4, -0.2) is 39.7 Å². The van der Waals surface area contributed by atoms with E-state index in [1.165, 1.54) is 0 Å². The molecule has 0 aliphatic carbocycles. The topological polar surface area (TPSA) is 71.5 Å². The molecule has 1 aromatic heterocycles. The van der Waals surface area contributed by atoms with Crippen LogP contribution in [0.25, 0.3) is 10.2 Å². The number of nitrogens with zero attached hydrogens (tertiary/aromatic N) is 2. The summed E-state index contributed by atoms with van der Waals surface area (Å²) in [5.41, 5.74) is 2.52. The molecule has 0 bridgehead atoms. The minimum atomic E-state index is -3.61. The predicted octanol–water partition coefficient (Wildman–Crippen LogP) is 3.50. The second kappa shape index (κ2) is 7.46. The molecule has 1 N–H and O–H groups in total. The third-order valence-corrected chi connectivity index (χ3v) is 7.03. The maximum atomic E-state index is 12.6. The van der Waals surface area contributed by atoms with E-state index in [1.54, 1.807) is 29.5 Å². The summed E-state index contributed by atoms with van der Waals surface area (Å²) in [5.74, 6) is 0. The molecule has 4 rings (SSSR count). The van der Waals surface area contributed by atoms with Gasteiger partial charge in [-0.25, -0.2) is 13.4 Å². The molecule has 2 aromatic carbocycles. The number of rotatable bonds is 5. The predicted molar refractivity (Wildman–Crippen MR) is 109 cm³/mol. The summed E-state index contributed by atoms with van der Waals surface area (Å²) in [6, 6.07) is 12.4. The minimum absolute atomic E-state index is 0.262. The molecule has 142 valence electrons. The molecule has 0 amide bonds. The van der Waals surface area contributed by atoms with Crippen molar-refractivity contribution in [3.05, 3.63) is 48.0 Å². The number of anilines is 2. The summed E-state index contributed by atoms with van der Waals surface area (Å²) in [6.07, 6.45) is 0.876. The van der Waals surface area contributed by atoms with E-state index in [9.17, 15) is 8.42 Å². The van der Waals surface area contributed by atoms with Crippen molar-refractivity contribution in [3.8, 4) is 0 Å². The lowest BCUT2D eigenvalue weighted by Gasteiger charge is -2.25.